The fourth-order valence-corrected chi connectivity index (χ4v) is 3.84. The second-order valence-electron chi connectivity index (χ2n) is 5.93. The van der Waals surface area contributed by atoms with Gasteiger partial charge >= 0.3 is 0 Å². The van der Waals surface area contributed by atoms with E-state index in [1.165, 1.54) is 13.2 Å². The molecule has 0 N–H and O–H groups in total. The van der Waals surface area contributed by atoms with Crippen LogP contribution in [0.25, 0.3) is 6.08 Å². The molecule has 1 saturated heterocycles. The summed E-state index contributed by atoms with van der Waals surface area (Å²) in [4.78, 5) is 24.4. The number of hydrogen-bond acceptors (Lipinski definition) is 7. The van der Waals surface area contributed by atoms with Gasteiger partial charge in [-0.3, -0.25) is 9.69 Å². The number of thioether (sulfide) groups is 1. The van der Waals surface area contributed by atoms with Crippen LogP contribution in [0.1, 0.15) is 11.1 Å². The number of aliphatic carboxylic acids is 1. The first-order chi connectivity index (χ1) is 13.9. The molecule has 2 aromatic carbocycles. The Morgan fingerprint density at radius 1 is 1.28 bits per heavy atom. The summed E-state index contributed by atoms with van der Waals surface area (Å²) in [5.74, 6) is -1.43. The predicted octanol–water partition coefficient (Wildman–Crippen LogP) is 2.36. The SMILES string of the molecule is COc1cc(/C=C2\SC(=S)N(CC(=O)[O-])C2=O)ccc1OCc1ccccc1F. The zero-order valence-electron chi connectivity index (χ0n) is 15.2. The second-order valence-corrected chi connectivity index (χ2v) is 7.61. The maximum Gasteiger partial charge on any atom is 0.266 e. The van der Waals surface area contributed by atoms with E-state index in [-0.39, 0.29) is 16.7 Å². The van der Waals surface area contributed by atoms with Crippen molar-refractivity contribution >= 4 is 46.3 Å². The number of amides is 1. The molecule has 0 spiro atoms. The quantitative estimate of drug-likeness (QED) is 0.491. The zero-order valence-corrected chi connectivity index (χ0v) is 16.8. The van der Waals surface area contributed by atoms with E-state index in [0.717, 1.165) is 16.7 Å². The lowest BCUT2D eigenvalue weighted by molar-refractivity contribution is -0.305. The van der Waals surface area contributed by atoms with Crippen molar-refractivity contribution in [1.82, 2.24) is 4.90 Å². The number of ether oxygens (including phenoxy) is 2. The smallest absolute Gasteiger partial charge is 0.266 e. The first-order valence-corrected chi connectivity index (χ1v) is 9.61. The number of carbonyl (C=O) groups is 2. The molecule has 6 nitrogen and oxygen atoms in total. The average molecular weight is 432 g/mol. The molecule has 1 aliphatic heterocycles. The maximum atomic E-state index is 13.7. The van der Waals surface area contributed by atoms with Crippen molar-refractivity contribution in [3.05, 3.63) is 64.3 Å². The van der Waals surface area contributed by atoms with E-state index in [9.17, 15) is 19.1 Å². The number of nitrogens with zero attached hydrogens (tertiary/aromatic N) is 1. The topological polar surface area (TPSA) is 78.9 Å². The molecule has 9 heteroatoms. The van der Waals surface area contributed by atoms with Gasteiger partial charge in [0, 0.05) is 5.56 Å². The number of carboxylic acids is 1. The molecule has 2 aromatic rings. The summed E-state index contributed by atoms with van der Waals surface area (Å²) >= 11 is 6.06. The molecular weight excluding hydrogens is 417 g/mol. The molecule has 3 rings (SSSR count). The molecule has 1 amide bonds. The summed E-state index contributed by atoms with van der Waals surface area (Å²) in [6.07, 6.45) is 1.58. The molecule has 1 aliphatic rings. The van der Waals surface area contributed by atoms with E-state index in [1.807, 2.05) is 0 Å². The number of rotatable bonds is 7. The number of carboxylic acid groups (broad SMARTS) is 1. The van der Waals surface area contributed by atoms with Gasteiger partial charge in [0.15, 0.2) is 11.5 Å². The minimum Gasteiger partial charge on any atom is -0.548 e. The van der Waals surface area contributed by atoms with Gasteiger partial charge in [0.1, 0.15) is 16.7 Å². The van der Waals surface area contributed by atoms with Crippen LogP contribution in [-0.4, -0.2) is 34.8 Å². The molecule has 0 bridgehead atoms. The lowest BCUT2D eigenvalue weighted by atomic mass is 10.1. The number of benzene rings is 2. The van der Waals surface area contributed by atoms with Crippen LogP contribution in [0, 0.1) is 5.82 Å². The Morgan fingerprint density at radius 3 is 2.72 bits per heavy atom. The van der Waals surface area contributed by atoms with Gasteiger partial charge in [-0.2, -0.15) is 0 Å². The van der Waals surface area contributed by atoms with Crippen molar-refractivity contribution in [2.45, 2.75) is 6.61 Å². The number of thiocarbonyl (C=S) groups is 1. The van der Waals surface area contributed by atoms with Crippen LogP contribution in [0.15, 0.2) is 47.4 Å². The lowest BCUT2D eigenvalue weighted by Gasteiger charge is -2.14. The summed E-state index contributed by atoms with van der Waals surface area (Å²) < 4.78 is 24.9. The monoisotopic (exact) mass is 432 g/mol. The van der Waals surface area contributed by atoms with Crippen LogP contribution in [-0.2, 0) is 16.2 Å². The zero-order chi connectivity index (χ0) is 21.0. The first-order valence-electron chi connectivity index (χ1n) is 8.38. The fraction of sp³-hybridized carbons (Fsp3) is 0.150. The Balaban J connectivity index is 1.77. The molecule has 1 heterocycles. The van der Waals surface area contributed by atoms with Gasteiger partial charge in [-0.05, 0) is 29.8 Å². The highest BCUT2D eigenvalue weighted by molar-refractivity contribution is 8.26. The van der Waals surface area contributed by atoms with E-state index in [0.29, 0.717) is 27.5 Å². The van der Waals surface area contributed by atoms with E-state index in [2.05, 4.69) is 0 Å². The van der Waals surface area contributed by atoms with Crippen molar-refractivity contribution in [1.29, 1.82) is 0 Å². The van der Waals surface area contributed by atoms with Gasteiger partial charge in [0.2, 0.25) is 0 Å². The van der Waals surface area contributed by atoms with Crippen molar-refractivity contribution in [3.63, 3.8) is 0 Å². The van der Waals surface area contributed by atoms with Crippen LogP contribution in [0.2, 0.25) is 0 Å². The summed E-state index contributed by atoms with van der Waals surface area (Å²) in [7, 11) is 1.47. The Hall–Kier alpha value is -2.91. The third-order valence-electron chi connectivity index (χ3n) is 3.99. The molecule has 150 valence electrons. The van der Waals surface area contributed by atoms with Crippen molar-refractivity contribution in [2.75, 3.05) is 13.7 Å². The molecule has 0 atom stereocenters. The standard InChI is InChI=1S/C20H16FNO5S2/c1-26-16-8-12(9-17-19(25)22(10-18(23)24)20(28)29-17)6-7-15(16)27-11-13-4-2-3-5-14(13)21/h2-9H,10-11H2,1H3,(H,23,24)/p-1/b17-9-. The van der Waals surface area contributed by atoms with E-state index >= 15 is 0 Å². The summed E-state index contributed by atoms with van der Waals surface area (Å²) in [6, 6.07) is 11.3. The van der Waals surface area contributed by atoms with E-state index < -0.39 is 18.4 Å². The number of carbonyl (C=O) groups excluding carboxylic acids is 2. The van der Waals surface area contributed by atoms with Crippen LogP contribution in [0.5, 0.6) is 11.5 Å². The number of halogens is 1. The molecule has 0 aromatic heterocycles. The van der Waals surface area contributed by atoms with Crippen LogP contribution >= 0.6 is 24.0 Å². The van der Waals surface area contributed by atoms with Crippen LogP contribution in [0.3, 0.4) is 0 Å². The summed E-state index contributed by atoms with van der Waals surface area (Å²) in [5, 5.41) is 10.8. The average Bonchev–Trinajstić information content (AvgIpc) is 2.95. The highest BCUT2D eigenvalue weighted by Crippen LogP contribution is 2.34. The third-order valence-corrected chi connectivity index (χ3v) is 5.37. The predicted molar refractivity (Wildman–Crippen MR) is 109 cm³/mol. The normalized spacial score (nSPS) is 15.1. The molecule has 0 aliphatic carbocycles. The molecular formula is C20H15FNO5S2-. The third kappa shape index (κ3) is 4.93. The lowest BCUT2D eigenvalue weighted by Crippen LogP contribution is -2.40. The van der Waals surface area contributed by atoms with E-state index in [1.54, 1.807) is 42.5 Å². The molecule has 0 radical (unpaired) electrons. The minimum atomic E-state index is -1.39. The summed E-state index contributed by atoms with van der Waals surface area (Å²) in [6.45, 7) is -0.557. The highest BCUT2D eigenvalue weighted by Gasteiger charge is 2.31. The highest BCUT2D eigenvalue weighted by atomic mass is 32.2. The van der Waals surface area contributed by atoms with Crippen molar-refractivity contribution in [3.8, 4) is 11.5 Å². The molecule has 0 saturated carbocycles. The van der Waals surface area contributed by atoms with Gasteiger partial charge in [-0.25, -0.2) is 4.39 Å². The molecule has 29 heavy (non-hydrogen) atoms. The fourth-order valence-electron chi connectivity index (χ4n) is 2.58. The largest absolute Gasteiger partial charge is 0.548 e. The Kier molecular flexibility index (Phi) is 6.50. The van der Waals surface area contributed by atoms with Crippen LogP contribution in [0.4, 0.5) is 4.39 Å². The van der Waals surface area contributed by atoms with Crippen molar-refractivity contribution < 1.29 is 28.6 Å². The van der Waals surface area contributed by atoms with E-state index in [4.69, 9.17) is 21.7 Å². The van der Waals surface area contributed by atoms with Crippen molar-refractivity contribution in [2.24, 2.45) is 0 Å². The molecule has 1 fully saturated rings. The van der Waals surface area contributed by atoms with Crippen LogP contribution < -0.4 is 14.6 Å². The molecule has 0 unspecified atom stereocenters. The summed E-state index contributed by atoms with van der Waals surface area (Å²) in [5.41, 5.74) is 1.05. The number of methoxy groups -OCH3 is 1. The Labute approximate surface area is 175 Å². The van der Waals surface area contributed by atoms with Gasteiger partial charge < -0.3 is 19.4 Å². The number of hydrogen-bond donors (Lipinski definition) is 0. The Morgan fingerprint density at radius 2 is 2.03 bits per heavy atom. The van der Waals surface area contributed by atoms with Gasteiger partial charge in [0.05, 0.1) is 24.5 Å². The maximum absolute atomic E-state index is 13.7. The van der Waals surface area contributed by atoms with Gasteiger partial charge in [-0.1, -0.05) is 48.2 Å². The van der Waals surface area contributed by atoms with Gasteiger partial charge in [-0.15, -0.1) is 0 Å². The second kappa shape index (κ2) is 9.06. The Bertz CT molecular complexity index is 1010. The minimum absolute atomic E-state index is 0.0320. The van der Waals surface area contributed by atoms with Gasteiger partial charge in [0.25, 0.3) is 5.91 Å². The first kappa shape index (κ1) is 20.8.